The molecule has 0 radical (unpaired) electrons. The molecule has 0 aliphatic heterocycles. The van der Waals surface area contributed by atoms with Gasteiger partial charge in [-0.15, -0.1) is 0 Å². The number of ether oxygens (including phenoxy) is 2. The molecule has 0 saturated heterocycles. The van der Waals surface area contributed by atoms with Gasteiger partial charge < -0.3 is 14.8 Å². The van der Waals surface area contributed by atoms with Crippen LogP contribution < -0.4 is 14.8 Å². The minimum atomic E-state index is -0.205. The van der Waals surface area contributed by atoms with Gasteiger partial charge in [-0.1, -0.05) is 12.1 Å². The van der Waals surface area contributed by atoms with Crippen LogP contribution in [-0.4, -0.2) is 32.2 Å². The number of pyridine rings is 1. The predicted molar refractivity (Wildman–Crippen MR) is 76.2 cm³/mol. The Morgan fingerprint density at radius 2 is 1.75 bits per heavy atom. The summed E-state index contributed by atoms with van der Waals surface area (Å²) >= 11 is 0. The molecule has 0 fully saturated rings. The Kier molecular flexibility index (Phi) is 4.20. The third-order valence-electron chi connectivity index (χ3n) is 2.94. The fourth-order valence-electron chi connectivity index (χ4n) is 1.84. The second kappa shape index (κ2) is 6.06. The van der Waals surface area contributed by atoms with Crippen LogP contribution in [0, 0.1) is 0 Å². The van der Waals surface area contributed by atoms with Crippen molar-refractivity contribution < 1.29 is 14.3 Å². The average molecular weight is 272 g/mol. The van der Waals surface area contributed by atoms with Crippen LogP contribution in [0.5, 0.6) is 11.5 Å². The van der Waals surface area contributed by atoms with E-state index in [0.29, 0.717) is 17.2 Å². The van der Waals surface area contributed by atoms with Crippen molar-refractivity contribution in [1.29, 1.82) is 0 Å². The number of rotatable bonds is 4. The van der Waals surface area contributed by atoms with Gasteiger partial charge in [-0.05, 0) is 23.8 Å². The molecule has 1 N–H and O–H groups in total. The number of hydrogen-bond donors (Lipinski definition) is 1. The number of nitrogens with one attached hydrogen (secondary N) is 1. The molecule has 104 valence electrons. The highest BCUT2D eigenvalue weighted by atomic mass is 16.5. The predicted octanol–water partition coefficient (Wildman–Crippen LogP) is 2.13. The maximum Gasteiger partial charge on any atom is 0.269 e. The number of nitrogens with zero attached hydrogens (tertiary/aromatic N) is 1. The van der Waals surface area contributed by atoms with Gasteiger partial charge in [0.2, 0.25) is 0 Å². The molecule has 2 rings (SSSR count). The quantitative estimate of drug-likeness (QED) is 0.926. The van der Waals surface area contributed by atoms with Crippen molar-refractivity contribution in [2.75, 3.05) is 21.3 Å². The van der Waals surface area contributed by atoms with Crippen LogP contribution in [0.4, 0.5) is 0 Å². The van der Waals surface area contributed by atoms with Crippen molar-refractivity contribution in [2.24, 2.45) is 0 Å². The highest BCUT2D eigenvalue weighted by Crippen LogP contribution is 2.31. The summed E-state index contributed by atoms with van der Waals surface area (Å²) in [6.45, 7) is 0. The van der Waals surface area contributed by atoms with E-state index >= 15 is 0 Å². The molecule has 0 saturated carbocycles. The first-order valence-corrected chi connectivity index (χ1v) is 6.10. The van der Waals surface area contributed by atoms with Gasteiger partial charge >= 0.3 is 0 Å². The monoisotopic (exact) mass is 272 g/mol. The summed E-state index contributed by atoms with van der Waals surface area (Å²) < 4.78 is 10.5. The van der Waals surface area contributed by atoms with Crippen LogP contribution in [0.3, 0.4) is 0 Å². The number of amides is 1. The minimum Gasteiger partial charge on any atom is -0.493 e. The van der Waals surface area contributed by atoms with Crippen LogP contribution >= 0.6 is 0 Å². The zero-order valence-electron chi connectivity index (χ0n) is 11.6. The lowest BCUT2D eigenvalue weighted by molar-refractivity contribution is 0.0958. The van der Waals surface area contributed by atoms with E-state index in [-0.39, 0.29) is 5.91 Å². The van der Waals surface area contributed by atoms with E-state index in [9.17, 15) is 4.79 Å². The van der Waals surface area contributed by atoms with Crippen molar-refractivity contribution in [2.45, 2.75) is 0 Å². The molecule has 0 spiro atoms. The van der Waals surface area contributed by atoms with Gasteiger partial charge in [-0.3, -0.25) is 9.78 Å². The largest absolute Gasteiger partial charge is 0.493 e. The van der Waals surface area contributed by atoms with Crippen molar-refractivity contribution in [1.82, 2.24) is 10.3 Å². The maximum atomic E-state index is 11.4. The molecule has 0 atom stereocenters. The summed E-state index contributed by atoms with van der Waals surface area (Å²) in [4.78, 5) is 15.6. The second-order valence-corrected chi connectivity index (χ2v) is 4.08. The SMILES string of the molecule is CNC(=O)c1ccc(-c2ccc(OC)c(OC)c2)cn1. The first kappa shape index (κ1) is 13.9. The highest BCUT2D eigenvalue weighted by molar-refractivity contribution is 5.92. The van der Waals surface area contributed by atoms with E-state index in [0.717, 1.165) is 11.1 Å². The van der Waals surface area contributed by atoms with Crippen LogP contribution in [0.1, 0.15) is 10.5 Å². The zero-order chi connectivity index (χ0) is 14.5. The summed E-state index contributed by atoms with van der Waals surface area (Å²) in [5.74, 6) is 1.12. The van der Waals surface area contributed by atoms with Gasteiger partial charge in [0.1, 0.15) is 5.69 Å². The van der Waals surface area contributed by atoms with Crippen LogP contribution in [0.25, 0.3) is 11.1 Å². The van der Waals surface area contributed by atoms with E-state index < -0.39 is 0 Å². The van der Waals surface area contributed by atoms with Crippen LogP contribution in [-0.2, 0) is 0 Å². The lowest BCUT2D eigenvalue weighted by Crippen LogP contribution is -2.18. The first-order valence-electron chi connectivity index (χ1n) is 6.10. The summed E-state index contributed by atoms with van der Waals surface area (Å²) in [6.07, 6.45) is 1.66. The highest BCUT2D eigenvalue weighted by Gasteiger charge is 2.08. The van der Waals surface area contributed by atoms with E-state index in [1.165, 1.54) is 0 Å². The Bertz CT molecular complexity index is 609. The van der Waals surface area contributed by atoms with Gasteiger partial charge in [-0.25, -0.2) is 0 Å². The Labute approximate surface area is 117 Å². The smallest absolute Gasteiger partial charge is 0.269 e. The summed E-state index contributed by atoms with van der Waals surface area (Å²) in [5, 5.41) is 2.54. The van der Waals surface area contributed by atoms with Gasteiger partial charge in [0.25, 0.3) is 5.91 Å². The van der Waals surface area contributed by atoms with Crippen LogP contribution in [0.15, 0.2) is 36.5 Å². The van der Waals surface area contributed by atoms with Crippen molar-refractivity contribution in [3.63, 3.8) is 0 Å². The summed E-state index contributed by atoms with van der Waals surface area (Å²) in [6, 6.07) is 9.15. The lowest BCUT2D eigenvalue weighted by Gasteiger charge is -2.09. The van der Waals surface area contributed by atoms with Gasteiger partial charge in [0.05, 0.1) is 14.2 Å². The molecule has 0 aliphatic carbocycles. The molecule has 5 nitrogen and oxygen atoms in total. The third-order valence-corrected chi connectivity index (χ3v) is 2.94. The topological polar surface area (TPSA) is 60.5 Å². The molecular weight excluding hydrogens is 256 g/mol. The molecule has 1 amide bonds. The molecule has 0 bridgehead atoms. The number of methoxy groups -OCH3 is 2. The van der Waals surface area contributed by atoms with Crippen molar-refractivity contribution in [3.8, 4) is 22.6 Å². The van der Waals surface area contributed by atoms with E-state index in [4.69, 9.17) is 9.47 Å². The molecule has 5 heteroatoms. The summed E-state index contributed by atoms with van der Waals surface area (Å²) in [7, 11) is 4.76. The first-order chi connectivity index (χ1) is 9.69. The standard InChI is InChI=1S/C15H16N2O3/c1-16-15(18)12-6-4-11(9-17-12)10-5-7-13(19-2)14(8-10)20-3/h4-9H,1-3H3,(H,16,18). The number of hydrogen-bond acceptors (Lipinski definition) is 4. The third kappa shape index (κ3) is 2.71. The molecule has 1 heterocycles. The van der Waals surface area contributed by atoms with Gasteiger partial charge in [0, 0.05) is 18.8 Å². The molecule has 0 unspecified atom stereocenters. The van der Waals surface area contributed by atoms with Crippen LogP contribution in [0.2, 0.25) is 0 Å². The molecule has 1 aromatic carbocycles. The minimum absolute atomic E-state index is 0.205. The fraction of sp³-hybridized carbons (Fsp3) is 0.200. The van der Waals surface area contributed by atoms with Crippen molar-refractivity contribution >= 4 is 5.91 Å². The molecule has 1 aromatic heterocycles. The average Bonchev–Trinajstić information content (AvgIpc) is 2.53. The maximum absolute atomic E-state index is 11.4. The lowest BCUT2D eigenvalue weighted by atomic mass is 10.1. The molecular formula is C15H16N2O3. The van der Waals surface area contributed by atoms with E-state index in [2.05, 4.69) is 10.3 Å². The van der Waals surface area contributed by atoms with E-state index in [1.54, 1.807) is 33.5 Å². The zero-order valence-corrected chi connectivity index (χ0v) is 11.6. The summed E-state index contributed by atoms with van der Waals surface area (Å²) in [5.41, 5.74) is 2.23. The number of aromatic nitrogens is 1. The Hall–Kier alpha value is -2.56. The molecule has 2 aromatic rings. The Morgan fingerprint density at radius 1 is 1.05 bits per heavy atom. The fourth-order valence-corrected chi connectivity index (χ4v) is 1.84. The van der Waals surface area contributed by atoms with Crippen molar-refractivity contribution in [3.05, 3.63) is 42.2 Å². The normalized spacial score (nSPS) is 9.95. The number of carbonyl (C=O) groups is 1. The van der Waals surface area contributed by atoms with E-state index in [1.807, 2.05) is 24.3 Å². The van der Waals surface area contributed by atoms with Gasteiger partial charge in [0.15, 0.2) is 11.5 Å². The Morgan fingerprint density at radius 3 is 2.30 bits per heavy atom. The second-order valence-electron chi connectivity index (χ2n) is 4.08. The number of benzene rings is 1. The number of carbonyl (C=O) groups excluding carboxylic acids is 1. The molecule has 0 aliphatic rings. The van der Waals surface area contributed by atoms with Gasteiger partial charge in [-0.2, -0.15) is 0 Å². The molecule has 20 heavy (non-hydrogen) atoms. The Balaban J connectivity index is 2.34.